The molecule has 0 radical (unpaired) electrons. The van der Waals surface area contributed by atoms with E-state index in [0.29, 0.717) is 17.3 Å². The van der Waals surface area contributed by atoms with Crippen LogP contribution in [0.15, 0.2) is 24.3 Å². The SMILES string of the molecule is Cc1cc(C)n(CCCNc2ccc(Cl)cc2[N+](=O)[O-])n1. The second kappa shape index (κ2) is 6.58. The lowest BCUT2D eigenvalue weighted by Gasteiger charge is -2.08. The Morgan fingerprint density at radius 1 is 1.38 bits per heavy atom. The molecule has 0 bridgehead atoms. The van der Waals surface area contributed by atoms with Crippen LogP contribution in [-0.2, 0) is 6.54 Å². The quantitative estimate of drug-likeness (QED) is 0.503. The fourth-order valence-electron chi connectivity index (χ4n) is 2.16. The van der Waals surface area contributed by atoms with Gasteiger partial charge < -0.3 is 5.32 Å². The van der Waals surface area contributed by atoms with Gasteiger partial charge >= 0.3 is 0 Å². The van der Waals surface area contributed by atoms with E-state index in [9.17, 15) is 10.1 Å². The molecule has 112 valence electrons. The molecule has 6 nitrogen and oxygen atoms in total. The molecule has 0 spiro atoms. The molecule has 0 aliphatic rings. The first kappa shape index (κ1) is 15.3. The van der Waals surface area contributed by atoms with Crippen LogP contribution in [0.25, 0.3) is 0 Å². The summed E-state index contributed by atoms with van der Waals surface area (Å²) >= 11 is 5.78. The van der Waals surface area contributed by atoms with E-state index in [-0.39, 0.29) is 5.69 Å². The number of rotatable bonds is 6. The Kier molecular flexibility index (Phi) is 4.80. The number of nitrogens with zero attached hydrogens (tertiary/aromatic N) is 3. The van der Waals surface area contributed by atoms with Gasteiger partial charge in [0.2, 0.25) is 0 Å². The number of nitro benzene ring substituents is 1. The maximum absolute atomic E-state index is 11.0. The molecule has 1 N–H and O–H groups in total. The van der Waals surface area contributed by atoms with E-state index in [0.717, 1.165) is 24.4 Å². The van der Waals surface area contributed by atoms with Crippen molar-refractivity contribution in [2.24, 2.45) is 0 Å². The molecule has 0 fully saturated rings. The maximum atomic E-state index is 11.0. The number of nitro groups is 1. The number of hydrogen-bond donors (Lipinski definition) is 1. The summed E-state index contributed by atoms with van der Waals surface area (Å²) in [5.74, 6) is 0. The Bertz CT molecular complexity index is 654. The molecule has 0 saturated carbocycles. The highest BCUT2D eigenvalue weighted by atomic mass is 35.5. The molecular weight excluding hydrogens is 292 g/mol. The van der Waals surface area contributed by atoms with Crippen molar-refractivity contribution in [3.8, 4) is 0 Å². The molecule has 1 heterocycles. The van der Waals surface area contributed by atoms with Gasteiger partial charge in [0.25, 0.3) is 5.69 Å². The number of benzene rings is 1. The lowest BCUT2D eigenvalue weighted by molar-refractivity contribution is -0.383. The Balaban J connectivity index is 1.92. The van der Waals surface area contributed by atoms with Crippen LogP contribution in [0.1, 0.15) is 17.8 Å². The van der Waals surface area contributed by atoms with Crippen LogP contribution in [-0.4, -0.2) is 21.2 Å². The van der Waals surface area contributed by atoms with Crippen molar-refractivity contribution in [3.63, 3.8) is 0 Å². The van der Waals surface area contributed by atoms with E-state index in [1.165, 1.54) is 6.07 Å². The van der Waals surface area contributed by atoms with Crippen molar-refractivity contribution in [2.75, 3.05) is 11.9 Å². The van der Waals surface area contributed by atoms with Crippen LogP contribution < -0.4 is 5.32 Å². The summed E-state index contributed by atoms with van der Waals surface area (Å²) in [5, 5.41) is 18.8. The molecule has 0 unspecified atom stereocenters. The average molecular weight is 309 g/mol. The van der Waals surface area contributed by atoms with Gasteiger partial charge in [-0.2, -0.15) is 5.10 Å². The van der Waals surface area contributed by atoms with Gasteiger partial charge in [0, 0.05) is 29.9 Å². The molecule has 0 saturated heterocycles. The summed E-state index contributed by atoms with van der Waals surface area (Å²) in [6, 6.07) is 6.64. The van der Waals surface area contributed by atoms with Gasteiger partial charge in [0.05, 0.1) is 10.6 Å². The van der Waals surface area contributed by atoms with Crippen LogP contribution in [0.2, 0.25) is 5.02 Å². The monoisotopic (exact) mass is 308 g/mol. The van der Waals surface area contributed by atoms with E-state index < -0.39 is 4.92 Å². The zero-order valence-electron chi connectivity index (χ0n) is 12.0. The highest BCUT2D eigenvalue weighted by Crippen LogP contribution is 2.27. The minimum Gasteiger partial charge on any atom is -0.379 e. The molecule has 2 aromatic rings. The lowest BCUT2D eigenvalue weighted by atomic mass is 10.2. The molecule has 7 heteroatoms. The predicted octanol–water partition coefficient (Wildman–Crippen LogP) is 3.56. The van der Waals surface area contributed by atoms with Crippen LogP contribution in [0.3, 0.4) is 0 Å². The summed E-state index contributed by atoms with van der Waals surface area (Å²) in [5.41, 5.74) is 2.59. The van der Waals surface area contributed by atoms with Crippen LogP contribution in [0, 0.1) is 24.0 Å². The van der Waals surface area contributed by atoms with E-state index in [1.807, 2.05) is 24.6 Å². The van der Waals surface area contributed by atoms with E-state index in [1.54, 1.807) is 12.1 Å². The summed E-state index contributed by atoms with van der Waals surface area (Å²) in [4.78, 5) is 10.5. The van der Waals surface area contributed by atoms with Crippen molar-refractivity contribution in [1.29, 1.82) is 0 Å². The lowest BCUT2D eigenvalue weighted by Crippen LogP contribution is -2.09. The number of nitrogens with one attached hydrogen (secondary N) is 1. The first-order valence-corrected chi connectivity index (χ1v) is 7.04. The van der Waals surface area contributed by atoms with Gasteiger partial charge in [-0.15, -0.1) is 0 Å². The average Bonchev–Trinajstić information content (AvgIpc) is 2.74. The normalized spacial score (nSPS) is 10.6. The Morgan fingerprint density at radius 3 is 2.76 bits per heavy atom. The number of hydrogen-bond acceptors (Lipinski definition) is 4. The van der Waals surface area contributed by atoms with Crippen molar-refractivity contribution < 1.29 is 4.92 Å². The zero-order chi connectivity index (χ0) is 15.4. The third-order valence-electron chi connectivity index (χ3n) is 3.12. The van der Waals surface area contributed by atoms with Crippen molar-refractivity contribution in [1.82, 2.24) is 9.78 Å². The molecule has 1 aromatic carbocycles. The van der Waals surface area contributed by atoms with Crippen LogP contribution >= 0.6 is 11.6 Å². The minimum absolute atomic E-state index is 0.00591. The Morgan fingerprint density at radius 2 is 2.14 bits per heavy atom. The third kappa shape index (κ3) is 3.95. The van der Waals surface area contributed by atoms with Crippen molar-refractivity contribution in [2.45, 2.75) is 26.8 Å². The van der Waals surface area contributed by atoms with Gasteiger partial charge in [0.15, 0.2) is 0 Å². The minimum atomic E-state index is -0.435. The van der Waals surface area contributed by atoms with Crippen molar-refractivity contribution >= 4 is 23.0 Å². The summed E-state index contributed by atoms with van der Waals surface area (Å²) in [6.45, 7) is 5.37. The highest BCUT2D eigenvalue weighted by molar-refractivity contribution is 6.30. The van der Waals surface area contributed by atoms with Gasteiger partial charge in [-0.05, 0) is 38.5 Å². The smallest absolute Gasteiger partial charge is 0.293 e. The van der Waals surface area contributed by atoms with Gasteiger partial charge in [-0.1, -0.05) is 11.6 Å². The fourth-order valence-corrected chi connectivity index (χ4v) is 2.32. The standard InChI is InChI=1S/C14H17ClN4O2/c1-10-8-11(2)18(17-10)7-3-6-16-13-5-4-12(15)9-14(13)19(20)21/h4-5,8-9,16H,3,6-7H2,1-2H3. The molecule has 0 aliphatic carbocycles. The van der Waals surface area contributed by atoms with E-state index in [4.69, 9.17) is 11.6 Å². The van der Waals surface area contributed by atoms with Crippen molar-refractivity contribution in [3.05, 3.63) is 50.8 Å². The zero-order valence-corrected chi connectivity index (χ0v) is 12.7. The second-order valence-corrected chi connectivity index (χ2v) is 5.29. The van der Waals surface area contributed by atoms with Gasteiger partial charge in [0.1, 0.15) is 5.69 Å². The Hall–Kier alpha value is -2.08. The first-order chi connectivity index (χ1) is 9.97. The third-order valence-corrected chi connectivity index (χ3v) is 3.36. The molecular formula is C14H17ClN4O2. The number of aromatic nitrogens is 2. The van der Waals surface area contributed by atoms with E-state index >= 15 is 0 Å². The predicted molar refractivity (Wildman–Crippen MR) is 82.9 cm³/mol. The molecule has 1 aromatic heterocycles. The summed E-state index contributed by atoms with van der Waals surface area (Å²) in [7, 11) is 0. The number of halogens is 1. The largest absolute Gasteiger partial charge is 0.379 e. The number of aryl methyl sites for hydroxylation is 3. The summed E-state index contributed by atoms with van der Waals surface area (Å²) < 4.78 is 1.94. The highest BCUT2D eigenvalue weighted by Gasteiger charge is 2.13. The second-order valence-electron chi connectivity index (χ2n) is 4.85. The summed E-state index contributed by atoms with van der Waals surface area (Å²) in [6.07, 6.45) is 0.821. The topological polar surface area (TPSA) is 73.0 Å². The molecule has 0 atom stereocenters. The molecule has 0 aliphatic heterocycles. The molecule has 21 heavy (non-hydrogen) atoms. The van der Waals surface area contributed by atoms with Gasteiger partial charge in [-0.25, -0.2) is 0 Å². The van der Waals surface area contributed by atoms with Gasteiger partial charge in [-0.3, -0.25) is 14.8 Å². The number of anilines is 1. The fraction of sp³-hybridized carbons (Fsp3) is 0.357. The molecule has 2 rings (SSSR count). The Labute approximate surface area is 127 Å². The molecule has 0 amide bonds. The van der Waals surface area contributed by atoms with Crippen LogP contribution in [0.5, 0.6) is 0 Å². The van der Waals surface area contributed by atoms with E-state index in [2.05, 4.69) is 10.4 Å². The van der Waals surface area contributed by atoms with Crippen LogP contribution in [0.4, 0.5) is 11.4 Å². The first-order valence-electron chi connectivity index (χ1n) is 6.66. The maximum Gasteiger partial charge on any atom is 0.293 e.